The molecule has 27 heavy (non-hydrogen) atoms. The Hall–Kier alpha value is -2.94. The first-order chi connectivity index (χ1) is 12.8. The average Bonchev–Trinajstić information content (AvgIpc) is 3.17. The molecule has 0 radical (unpaired) electrons. The first-order valence-corrected chi connectivity index (χ1v) is 8.98. The van der Waals surface area contributed by atoms with E-state index in [9.17, 15) is 9.59 Å². The van der Waals surface area contributed by atoms with Crippen molar-refractivity contribution in [3.63, 3.8) is 0 Å². The van der Waals surface area contributed by atoms with Crippen molar-refractivity contribution in [2.75, 3.05) is 5.32 Å². The Bertz CT molecular complexity index is 991. The minimum absolute atomic E-state index is 0.149. The molecule has 1 aromatic carbocycles. The Labute approximate surface area is 163 Å². The Morgan fingerprint density at radius 3 is 2.52 bits per heavy atom. The Kier molecular flexibility index (Phi) is 5.41. The van der Waals surface area contributed by atoms with E-state index in [2.05, 4.69) is 31.4 Å². The van der Waals surface area contributed by atoms with Gasteiger partial charge in [-0.1, -0.05) is 28.1 Å². The van der Waals surface area contributed by atoms with Crippen molar-refractivity contribution in [3.05, 3.63) is 63.6 Å². The zero-order valence-electron chi connectivity index (χ0n) is 14.8. The van der Waals surface area contributed by atoms with Gasteiger partial charge in [0.25, 0.3) is 5.91 Å². The Morgan fingerprint density at radius 2 is 1.85 bits per heavy atom. The van der Waals surface area contributed by atoms with Gasteiger partial charge in [0, 0.05) is 10.7 Å². The highest BCUT2D eigenvalue weighted by molar-refractivity contribution is 9.10. The van der Waals surface area contributed by atoms with Crippen LogP contribution in [0.15, 0.2) is 41.0 Å². The smallest absolute Gasteiger partial charge is 0.325 e. The number of aromatic nitrogens is 4. The lowest BCUT2D eigenvalue weighted by atomic mass is 10.2. The van der Waals surface area contributed by atoms with Gasteiger partial charge in [-0.25, -0.2) is 0 Å². The first kappa shape index (κ1) is 18.8. The number of rotatable bonds is 6. The fraction of sp³-hybridized carbons (Fsp3) is 0.222. The molecule has 0 atom stereocenters. The van der Waals surface area contributed by atoms with Crippen LogP contribution in [0.1, 0.15) is 27.4 Å². The van der Waals surface area contributed by atoms with Crippen LogP contribution in [0.4, 0.5) is 5.69 Å². The van der Waals surface area contributed by atoms with E-state index < -0.39 is 11.9 Å². The summed E-state index contributed by atoms with van der Waals surface area (Å²) < 4.78 is 4.04. The largest absolute Gasteiger partial charge is 0.480 e. The molecule has 0 spiro atoms. The van der Waals surface area contributed by atoms with Gasteiger partial charge in [0.15, 0.2) is 5.69 Å². The van der Waals surface area contributed by atoms with Crippen molar-refractivity contribution in [3.8, 4) is 0 Å². The summed E-state index contributed by atoms with van der Waals surface area (Å²) in [5, 5.41) is 20.1. The number of carboxylic acid groups (broad SMARTS) is 1. The number of aryl methyl sites for hydroxylation is 1. The van der Waals surface area contributed by atoms with Crippen LogP contribution in [0.5, 0.6) is 0 Å². The van der Waals surface area contributed by atoms with Crippen LogP contribution < -0.4 is 5.32 Å². The second-order valence-corrected chi connectivity index (χ2v) is 6.99. The van der Waals surface area contributed by atoms with E-state index in [-0.39, 0.29) is 12.2 Å². The Balaban J connectivity index is 1.76. The van der Waals surface area contributed by atoms with E-state index >= 15 is 0 Å². The number of carbonyl (C=O) groups excluding carboxylic acids is 1. The van der Waals surface area contributed by atoms with Crippen molar-refractivity contribution >= 4 is 33.5 Å². The van der Waals surface area contributed by atoms with Gasteiger partial charge in [-0.15, -0.1) is 0 Å². The molecule has 0 fully saturated rings. The minimum Gasteiger partial charge on any atom is -0.480 e. The van der Waals surface area contributed by atoms with E-state index in [0.717, 1.165) is 15.7 Å². The number of amides is 1. The summed E-state index contributed by atoms with van der Waals surface area (Å²) in [6.07, 6.45) is 1.46. The topological polar surface area (TPSA) is 102 Å². The highest BCUT2D eigenvalue weighted by atomic mass is 79.9. The van der Waals surface area contributed by atoms with Crippen molar-refractivity contribution < 1.29 is 14.7 Å². The number of nitrogens with one attached hydrogen (secondary N) is 1. The van der Waals surface area contributed by atoms with Gasteiger partial charge in [0.1, 0.15) is 6.54 Å². The Morgan fingerprint density at radius 1 is 1.15 bits per heavy atom. The predicted octanol–water partition coefficient (Wildman–Crippen LogP) is 2.84. The van der Waals surface area contributed by atoms with Crippen LogP contribution in [0.25, 0.3) is 0 Å². The zero-order chi connectivity index (χ0) is 19.6. The van der Waals surface area contributed by atoms with E-state index in [4.69, 9.17) is 5.11 Å². The summed E-state index contributed by atoms with van der Waals surface area (Å²) in [4.78, 5) is 23.2. The van der Waals surface area contributed by atoms with Gasteiger partial charge in [0.05, 0.1) is 23.6 Å². The van der Waals surface area contributed by atoms with Gasteiger partial charge >= 0.3 is 5.97 Å². The quantitative estimate of drug-likeness (QED) is 0.624. The van der Waals surface area contributed by atoms with Crippen LogP contribution in [0.3, 0.4) is 0 Å². The zero-order valence-corrected chi connectivity index (χ0v) is 16.4. The van der Waals surface area contributed by atoms with E-state index in [0.29, 0.717) is 17.9 Å². The second kappa shape index (κ2) is 7.75. The average molecular weight is 432 g/mol. The molecule has 0 aliphatic heterocycles. The second-order valence-electron chi connectivity index (χ2n) is 6.08. The molecule has 3 rings (SSSR count). The summed E-state index contributed by atoms with van der Waals surface area (Å²) in [5.41, 5.74) is 3.39. The number of anilines is 1. The summed E-state index contributed by atoms with van der Waals surface area (Å²) in [6.45, 7) is 4.00. The van der Waals surface area contributed by atoms with Crippen molar-refractivity contribution in [2.24, 2.45) is 0 Å². The molecule has 2 aromatic heterocycles. The number of hydrogen-bond donors (Lipinski definition) is 2. The van der Waals surface area contributed by atoms with Gasteiger partial charge in [0.2, 0.25) is 0 Å². The molecule has 140 valence electrons. The van der Waals surface area contributed by atoms with E-state index in [1.54, 1.807) is 0 Å². The summed E-state index contributed by atoms with van der Waals surface area (Å²) in [5.74, 6) is -1.43. The molecule has 0 aliphatic rings. The lowest BCUT2D eigenvalue weighted by Crippen LogP contribution is -2.16. The molecule has 9 heteroatoms. The van der Waals surface area contributed by atoms with Crippen LogP contribution in [0, 0.1) is 13.8 Å². The number of benzene rings is 1. The molecule has 0 aliphatic carbocycles. The summed E-state index contributed by atoms with van der Waals surface area (Å²) in [7, 11) is 0. The lowest BCUT2D eigenvalue weighted by Gasteiger charge is -2.07. The standard InChI is InChI=1S/C18H18BrN5O3/c1-11-17(20-18(27)15-7-8-23(22-15)10-16(25)26)12(2)24(21-11)9-13-3-5-14(19)6-4-13/h3-8H,9-10H2,1-2H3,(H,20,27)(H,25,26). The molecule has 0 saturated heterocycles. The molecule has 3 aromatic rings. The van der Waals surface area contributed by atoms with Crippen LogP contribution in [0.2, 0.25) is 0 Å². The van der Waals surface area contributed by atoms with Crippen molar-refractivity contribution in [2.45, 2.75) is 26.9 Å². The molecule has 2 N–H and O–H groups in total. The van der Waals surface area contributed by atoms with Gasteiger partial charge in [-0.3, -0.25) is 19.0 Å². The summed E-state index contributed by atoms with van der Waals surface area (Å²) in [6, 6.07) is 9.44. The fourth-order valence-corrected chi connectivity index (χ4v) is 2.95. The lowest BCUT2D eigenvalue weighted by molar-refractivity contribution is -0.137. The molecular weight excluding hydrogens is 414 g/mol. The number of nitrogens with zero attached hydrogens (tertiary/aromatic N) is 4. The fourth-order valence-electron chi connectivity index (χ4n) is 2.68. The number of halogens is 1. The van der Waals surface area contributed by atoms with Crippen molar-refractivity contribution in [1.29, 1.82) is 0 Å². The molecule has 0 saturated carbocycles. The van der Waals surface area contributed by atoms with Gasteiger partial charge in [-0.2, -0.15) is 10.2 Å². The monoisotopic (exact) mass is 431 g/mol. The first-order valence-electron chi connectivity index (χ1n) is 8.18. The molecule has 2 heterocycles. The number of aliphatic carboxylic acids is 1. The third-order valence-electron chi connectivity index (χ3n) is 4.04. The maximum Gasteiger partial charge on any atom is 0.325 e. The van der Waals surface area contributed by atoms with Crippen molar-refractivity contribution in [1.82, 2.24) is 19.6 Å². The van der Waals surface area contributed by atoms with Gasteiger partial charge < -0.3 is 10.4 Å². The molecule has 0 bridgehead atoms. The SMILES string of the molecule is Cc1nn(Cc2ccc(Br)cc2)c(C)c1NC(=O)c1ccn(CC(=O)O)n1. The highest BCUT2D eigenvalue weighted by Crippen LogP contribution is 2.21. The van der Waals surface area contributed by atoms with E-state index in [1.807, 2.05) is 42.8 Å². The minimum atomic E-state index is -1.02. The predicted molar refractivity (Wildman–Crippen MR) is 103 cm³/mol. The van der Waals surface area contributed by atoms with Crippen LogP contribution in [-0.2, 0) is 17.9 Å². The molecule has 0 unspecified atom stereocenters. The maximum absolute atomic E-state index is 12.4. The van der Waals surface area contributed by atoms with E-state index in [1.165, 1.54) is 16.9 Å². The number of carboxylic acids is 1. The number of hydrogen-bond acceptors (Lipinski definition) is 4. The van der Waals surface area contributed by atoms with Crippen LogP contribution in [-0.4, -0.2) is 36.5 Å². The molecule has 1 amide bonds. The molecule has 8 nitrogen and oxygen atoms in total. The molecular formula is C18H18BrN5O3. The maximum atomic E-state index is 12.4. The van der Waals surface area contributed by atoms with Gasteiger partial charge in [-0.05, 0) is 37.6 Å². The van der Waals surface area contributed by atoms with Crippen LogP contribution >= 0.6 is 15.9 Å². The number of carbonyl (C=O) groups is 2. The highest BCUT2D eigenvalue weighted by Gasteiger charge is 2.17. The normalized spacial score (nSPS) is 10.8. The third-order valence-corrected chi connectivity index (χ3v) is 4.56. The third kappa shape index (κ3) is 4.43. The summed E-state index contributed by atoms with van der Waals surface area (Å²) >= 11 is 3.42.